The number of ether oxygens (including phenoxy) is 1. The molecule has 0 bridgehead atoms. The van der Waals surface area contributed by atoms with Gasteiger partial charge in [0.25, 0.3) is 5.56 Å². The van der Waals surface area contributed by atoms with Gasteiger partial charge in [-0.05, 0) is 36.4 Å². The van der Waals surface area contributed by atoms with Gasteiger partial charge in [0.2, 0.25) is 5.13 Å². The van der Waals surface area contributed by atoms with Gasteiger partial charge in [0, 0.05) is 5.69 Å². The van der Waals surface area contributed by atoms with Crippen molar-refractivity contribution in [3.8, 4) is 5.75 Å². The van der Waals surface area contributed by atoms with Gasteiger partial charge >= 0.3 is 6.36 Å². The highest BCUT2D eigenvalue weighted by Gasteiger charge is 2.30. The van der Waals surface area contributed by atoms with Crippen molar-refractivity contribution in [2.45, 2.75) is 16.6 Å². The summed E-state index contributed by atoms with van der Waals surface area (Å²) in [6.45, 7) is 0. The van der Waals surface area contributed by atoms with Gasteiger partial charge in [-0.1, -0.05) is 40.4 Å². The Morgan fingerprint density at radius 3 is 2.60 bits per heavy atom. The lowest BCUT2D eigenvalue weighted by Crippen LogP contribution is -2.23. The molecular weight excluding hydrogens is 441 g/mol. The zero-order valence-corrected chi connectivity index (χ0v) is 16.5. The third-order valence-electron chi connectivity index (χ3n) is 3.69. The third-order valence-corrected chi connectivity index (χ3v) is 5.62. The summed E-state index contributed by atoms with van der Waals surface area (Å²) in [6.07, 6.45) is -4.74. The number of hydrogen-bond donors (Lipinski definition) is 1. The van der Waals surface area contributed by atoms with Crippen LogP contribution in [0.25, 0.3) is 10.9 Å². The fraction of sp³-hybridized carbons (Fsp3) is 0.118. The number of hydrogen-bond acceptors (Lipinski definition) is 9. The molecule has 0 fully saturated rings. The van der Waals surface area contributed by atoms with Crippen LogP contribution >= 0.6 is 23.1 Å². The number of aromatic nitrogens is 5. The summed E-state index contributed by atoms with van der Waals surface area (Å²) >= 11 is 2.48. The van der Waals surface area contributed by atoms with E-state index in [1.54, 1.807) is 24.3 Å². The Bertz CT molecular complexity index is 1230. The molecule has 154 valence electrons. The maximum absolute atomic E-state index is 12.4. The molecule has 8 nitrogen and oxygen atoms in total. The van der Waals surface area contributed by atoms with Crippen molar-refractivity contribution >= 4 is 44.8 Å². The van der Waals surface area contributed by atoms with Crippen LogP contribution in [0.3, 0.4) is 0 Å². The fourth-order valence-corrected chi connectivity index (χ4v) is 4.03. The number of rotatable bonds is 6. The Labute approximate surface area is 174 Å². The number of nitrogens with one attached hydrogen (secondary N) is 1. The van der Waals surface area contributed by atoms with E-state index in [2.05, 4.69) is 30.6 Å². The highest BCUT2D eigenvalue weighted by atomic mass is 32.2. The van der Waals surface area contributed by atoms with Crippen molar-refractivity contribution in [1.29, 1.82) is 0 Å². The molecular formula is C17H11F3N6O2S2. The van der Waals surface area contributed by atoms with Crippen LogP contribution in [0.4, 0.5) is 24.0 Å². The van der Waals surface area contributed by atoms with Crippen LogP contribution in [-0.4, -0.2) is 31.6 Å². The smallest absolute Gasteiger partial charge is 0.406 e. The molecule has 13 heteroatoms. The molecule has 4 aromatic rings. The Hall–Kier alpha value is -3.19. The molecule has 2 aromatic heterocycles. The molecule has 0 saturated carbocycles. The summed E-state index contributed by atoms with van der Waals surface area (Å²) in [5, 5.41) is 19.8. The van der Waals surface area contributed by atoms with Crippen LogP contribution in [0.5, 0.6) is 5.75 Å². The quantitative estimate of drug-likeness (QED) is 0.438. The van der Waals surface area contributed by atoms with Crippen molar-refractivity contribution in [2.75, 3.05) is 5.32 Å². The maximum atomic E-state index is 12.4. The molecule has 30 heavy (non-hydrogen) atoms. The van der Waals surface area contributed by atoms with Gasteiger partial charge in [-0.2, -0.15) is 4.68 Å². The molecule has 0 aliphatic heterocycles. The first-order chi connectivity index (χ1) is 14.4. The van der Waals surface area contributed by atoms with Gasteiger partial charge in [0.05, 0.1) is 11.3 Å². The summed E-state index contributed by atoms with van der Waals surface area (Å²) in [5.74, 6) is -0.113. The van der Waals surface area contributed by atoms with Gasteiger partial charge in [0.1, 0.15) is 11.3 Å². The lowest BCUT2D eigenvalue weighted by atomic mass is 10.2. The second kappa shape index (κ2) is 8.28. The van der Waals surface area contributed by atoms with Crippen LogP contribution in [0.15, 0.2) is 57.7 Å². The van der Waals surface area contributed by atoms with E-state index in [1.807, 2.05) is 0 Å². The number of halogens is 3. The molecule has 0 unspecified atom stereocenters. The van der Waals surface area contributed by atoms with Crippen molar-refractivity contribution in [3.63, 3.8) is 0 Å². The lowest BCUT2D eigenvalue weighted by Gasteiger charge is -2.09. The number of fused-ring (bicyclic) bond motifs is 1. The first kappa shape index (κ1) is 20.1. The normalized spacial score (nSPS) is 11.6. The standard InChI is InChI=1S/C17H11F3N6O2S2/c18-17(19,20)28-11-7-5-10(6-8-11)21-15-23-24-16(30-15)29-9-26-14(27)12-3-1-2-4-13(12)22-25-26/h1-8H,9H2,(H,21,23). The van der Waals surface area contributed by atoms with Crippen molar-refractivity contribution in [1.82, 2.24) is 25.2 Å². The van der Waals surface area contributed by atoms with Gasteiger partial charge in [-0.25, -0.2) is 0 Å². The van der Waals surface area contributed by atoms with Gasteiger partial charge in [0.15, 0.2) is 4.34 Å². The summed E-state index contributed by atoms with van der Waals surface area (Å²) in [7, 11) is 0. The van der Waals surface area contributed by atoms with Crippen LogP contribution in [0.2, 0.25) is 0 Å². The molecule has 0 radical (unpaired) electrons. The average molecular weight is 452 g/mol. The third kappa shape index (κ3) is 4.86. The average Bonchev–Trinajstić information content (AvgIpc) is 3.15. The van der Waals surface area contributed by atoms with E-state index in [0.717, 1.165) is 0 Å². The first-order valence-corrected chi connectivity index (χ1v) is 10.1. The SMILES string of the molecule is O=c1c2ccccc2nnn1CSc1nnc(Nc2ccc(OC(F)(F)F)cc2)s1. The number of nitrogens with zero attached hydrogens (tertiary/aromatic N) is 5. The van der Waals surface area contributed by atoms with E-state index in [4.69, 9.17) is 0 Å². The van der Waals surface area contributed by atoms with Gasteiger partial charge < -0.3 is 10.1 Å². The highest BCUT2D eigenvalue weighted by molar-refractivity contribution is 8.00. The Balaban J connectivity index is 1.39. The van der Waals surface area contributed by atoms with Crippen molar-refractivity contribution < 1.29 is 17.9 Å². The summed E-state index contributed by atoms with van der Waals surface area (Å²) in [5.41, 5.74) is 0.795. The van der Waals surface area contributed by atoms with Gasteiger partial charge in [-0.15, -0.1) is 28.5 Å². The molecule has 0 spiro atoms. The zero-order chi connectivity index (χ0) is 21.1. The Morgan fingerprint density at radius 2 is 1.83 bits per heavy atom. The number of benzene rings is 2. The molecule has 4 rings (SSSR count). The molecule has 0 saturated heterocycles. The molecule has 0 atom stereocenters. The molecule has 2 aromatic carbocycles. The monoisotopic (exact) mass is 452 g/mol. The van der Waals surface area contributed by atoms with Crippen LogP contribution in [-0.2, 0) is 5.88 Å². The molecule has 0 aliphatic carbocycles. The van der Waals surface area contributed by atoms with E-state index in [-0.39, 0.29) is 17.2 Å². The minimum absolute atomic E-state index is 0.203. The zero-order valence-electron chi connectivity index (χ0n) is 14.8. The van der Waals surface area contributed by atoms with Gasteiger partial charge in [-0.3, -0.25) is 4.79 Å². The van der Waals surface area contributed by atoms with Crippen LogP contribution in [0.1, 0.15) is 0 Å². The summed E-state index contributed by atoms with van der Waals surface area (Å²) in [6, 6.07) is 12.2. The van der Waals surface area contributed by atoms with Crippen LogP contribution < -0.4 is 15.6 Å². The second-order valence-electron chi connectivity index (χ2n) is 5.76. The van der Waals surface area contributed by atoms with E-state index in [9.17, 15) is 18.0 Å². The van der Waals surface area contributed by atoms with Crippen molar-refractivity contribution in [3.05, 3.63) is 58.9 Å². The fourth-order valence-electron chi connectivity index (χ4n) is 2.41. The largest absolute Gasteiger partial charge is 0.573 e. The minimum Gasteiger partial charge on any atom is -0.406 e. The lowest BCUT2D eigenvalue weighted by molar-refractivity contribution is -0.274. The molecule has 1 N–H and O–H groups in total. The summed E-state index contributed by atoms with van der Waals surface area (Å²) in [4.78, 5) is 12.4. The predicted molar refractivity (Wildman–Crippen MR) is 106 cm³/mol. The molecule has 0 amide bonds. The number of anilines is 2. The maximum Gasteiger partial charge on any atom is 0.573 e. The van der Waals surface area contributed by atoms with E-state index < -0.39 is 6.36 Å². The van der Waals surface area contributed by atoms with Crippen LogP contribution in [0, 0.1) is 0 Å². The second-order valence-corrected chi connectivity index (χ2v) is 7.92. The van der Waals surface area contributed by atoms with E-state index >= 15 is 0 Å². The summed E-state index contributed by atoms with van der Waals surface area (Å²) < 4.78 is 42.2. The van der Waals surface area contributed by atoms with E-state index in [0.29, 0.717) is 26.1 Å². The molecule has 0 aliphatic rings. The Morgan fingerprint density at radius 1 is 1.07 bits per heavy atom. The minimum atomic E-state index is -4.74. The Kier molecular flexibility index (Phi) is 5.55. The van der Waals surface area contributed by atoms with Crippen molar-refractivity contribution in [2.24, 2.45) is 0 Å². The molecule has 2 heterocycles. The number of alkyl halides is 3. The topological polar surface area (TPSA) is 94.8 Å². The first-order valence-electron chi connectivity index (χ1n) is 8.29. The predicted octanol–water partition coefficient (Wildman–Crippen LogP) is 4.04. The number of thioether (sulfide) groups is 1. The highest BCUT2D eigenvalue weighted by Crippen LogP contribution is 2.29. The van der Waals surface area contributed by atoms with E-state index in [1.165, 1.54) is 52.0 Å².